The number of nitrogens with two attached hydrogens (primary N) is 1. The molecule has 1 aromatic carbocycles. The zero-order valence-electron chi connectivity index (χ0n) is 9.01. The summed E-state index contributed by atoms with van der Waals surface area (Å²) in [4.78, 5) is 2.41. The molecule has 0 saturated heterocycles. The number of benzene rings is 1. The summed E-state index contributed by atoms with van der Waals surface area (Å²) in [5.41, 5.74) is 11.3. The lowest BCUT2D eigenvalue weighted by atomic mass is 10.0. The largest absolute Gasteiger partial charge is 0.369 e. The molecule has 0 atom stereocenters. The molecule has 0 aliphatic carbocycles. The first-order valence-corrected chi connectivity index (χ1v) is 5.28. The Bertz CT molecular complexity index is 342. The van der Waals surface area contributed by atoms with E-state index in [2.05, 4.69) is 30.9 Å². The van der Waals surface area contributed by atoms with Crippen molar-refractivity contribution in [2.24, 2.45) is 5.73 Å². The molecule has 0 aromatic heterocycles. The van der Waals surface area contributed by atoms with Gasteiger partial charge < -0.3 is 10.6 Å². The molecule has 2 nitrogen and oxygen atoms in total. The Morgan fingerprint density at radius 2 is 2.14 bits per heavy atom. The molecule has 76 valence electrons. The molecule has 0 unspecified atom stereocenters. The summed E-state index contributed by atoms with van der Waals surface area (Å²) in [6.07, 6.45) is 1.18. The fraction of sp³-hybridized carbons (Fsp3) is 0.500. The third-order valence-electron chi connectivity index (χ3n) is 3.15. The number of rotatable bonds is 2. The van der Waals surface area contributed by atoms with Gasteiger partial charge in [-0.05, 0) is 37.0 Å². The van der Waals surface area contributed by atoms with E-state index in [1.165, 1.54) is 28.8 Å². The zero-order chi connectivity index (χ0) is 10.1. The topological polar surface area (TPSA) is 29.3 Å². The highest BCUT2D eigenvalue weighted by atomic mass is 15.2. The number of aryl methyl sites for hydroxylation is 1. The van der Waals surface area contributed by atoms with E-state index in [0.29, 0.717) is 0 Å². The number of anilines is 1. The van der Waals surface area contributed by atoms with E-state index in [9.17, 15) is 0 Å². The van der Waals surface area contributed by atoms with Crippen molar-refractivity contribution >= 4 is 5.69 Å². The minimum Gasteiger partial charge on any atom is -0.369 e. The minimum absolute atomic E-state index is 0.743. The lowest BCUT2D eigenvalue weighted by Gasteiger charge is -2.21. The SMILES string of the molecule is Cc1ccc2c(c1C)N(CCN)CC2. The molecule has 0 bridgehead atoms. The van der Waals surface area contributed by atoms with Crippen LogP contribution in [0.5, 0.6) is 0 Å². The molecule has 14 heavy (non-hydrogen) atoms. The third-order valence-corrected chi connectivity index (χ3v) is 3.15. The van der Waals surface area contributed by atoms with E-state index in [1.54, 1.807) is 0 Å². The molecule has 0 spiro atoms. The molecule has 1 aliphatic heterocycles. The van der Waals surface area contributed by atoms with E-state index in [-0.39, 0.29) is 0 Å². The molecule has 2 rings (SSSR count). The van der Waals surface area contributed by atoms with Crippen molar-refractivity contribution < 1.29 is 0 Å². The summed E-state index contributed by atoms with van der Waals surface area (Å²) in [6, 6.07) is 4.48. The molecular weight excluding hydrogens is 172 g/mol. The van der Waals surface area contributed by atoms with Gasteiger partial charge in [-0.3, -0.25) is 0 Å². The van der Waals surface area contributed by atoms with Gasteiger partial charge in [-0.2, -0.15) is 0 Å². The van der Waals surface area contributed by atoms with Gasteiger partial charge in [0.2, 0.25) is 0 Å². The number of hydrogen-bond acceptors (Lipinski definition) is 2. The van der Waals surface area contributed by atoms with Crippen molar-refractivity contribution in [3.63, 3.8) is 0 Å². The maximum atomic E-state index is 5.61. The van der Waals surface area contributed by atoms with Gasteiger partial charge in [-0.25, -0.2) is 0 Å². The molecule has 0 fully saturated rings. The first-order chi connectivity index (χ1) is 6.74. The fourth-order valence-electron chi connectivity index (χ4n) is 2.25. The van der Waals surface area contributed by atoms with Crippen molar-refractivity contribution in [2.75, 3.05) is 24.5 Å². The Morgan fingerprint density at radius 3 is 2.86 bits per heavy atom. The van der Waals surface area contributed by atoms with Crippen LogP contribution >= 0.6 is 0 Å². The van der Waals surface area contributed by atoms with Crippen molar-refractivity contribution in [1.29, 1.82) is 0 Å². The van der Waals surface area contributed by atoms with E-state index in [0.717, 1.165) is 19.6 Å². The van der Waals surface area contributed by atoms with Gasteiger partial charge in [-0.1, -0.05) is 12.1 Å². The van der Waals surface area contributed by atoms with Gasteiger partial charge >= 0.3 is 0 Å². The van der Waals surface area contributed by atoms with Crippen LogP contribution in [0, 0.1) is 13.8 Å². The minimum atomic E-state index is 0.743. The van der Waals surface area contributed by atoms with Crippen molar-refractivity contribution in [3.8, 4) is 0 Å². The normalized spacial score (nSPS) is 14.6. The quantitative estimate of drug-likeness (QED) is 0.768. The maximum absolute atomic E-state index is 5.61. The number of hydrogen-bond donors (Lipinski definition) is 1. The highest BCUT2D eigenvalue weighted by Crippen LogP contribution is 2.32. The van der Waals surface area contributed by atoms with Gasteiger partial charge in [0.15, 0.2) is 0 Å². The highest BCUT2D eigenvalue weighted by Gasteiger charge is 2.20. The van der Waals surface area contributed by atoms with Crippen LogP contribution in [-0.4, -0.2) is 19.6 Å². The summed E-state index contributed by atoms with van der Waals surface area (Å²) in [5.74, 6) is 0. The second-order valence-electron chi connectivity index (χ2n) is 4.04. The van der Waals surface area contributed by atoms with Gasteiger partial charge in [-0.15, -0.1) is 0 Å². The summed E-state index contributed by atoms with van der Waals surface area (Å²) >= 11 is 0. The molecule has 1 aromatic rings. The maximum Gasteiger partial charge on any atom is 0.0432 e. The average molecular weight is 190 g/mol. The van der Waals surface area contributed by atoms with Gasteiger partial charge in [0, 0.05) is 25.3 Å². The van der Waals surface area contributed by atoms with Crippen LogP contribution in [0.4, 0.5) is 5.69 Å². The number of fused-ring (bicyclic) bond motifs is 1. The summed E-state index contributed by atoms with van der Waals surface area (Å²) in [7, 11) is 0. The van der Waals surface area contributed by atoms with Crippen LogP contribution in [0.2, 0.25) is 0 Å². The number of nitrogens with zero attached hydrogens (tertiary/aromatic N) is 1. The molecule has 0 amide bonds. The summed E-state index contributed by atoms with van der Waals surface area (Å²) in [6.45, 7) is 7.25. The van der Waals surface area contributed by atoms with Gasteiger partial charge in [0.05, 0.1) is 0 Å². The van der Waals surface area contributed by atoms with Crippen molar-refractivity contribution in [2.45, 2.75) is 20.3 Å². The lowest BCUT2D eigenvalue weighted by molar-refractivity contribution is 0.819. The van der Waals surface area contributed by atoms with Crippen LogP contribution in [0.25, 0.3) is 0 Å². The molecule has 0 saturated carbocycles. The summed E-state index contributed by atoms with van der Waals surface area (Å²) < 4.78 is 0. The summed E-state index contributed by atoms with van der Waals surface area (Å²) in [5, 5.41) is 0. The smallest absolute Gasteiger partial charge is 0.0432 e. The third kappa shape index (κ3) is 1.40. The predicted molar refractivity (Wildman–Crippen MR) is 60.9 cm³/mol. The second-order valence-corrected chi connectivity index (χ2v) is 4.04. The molecular formula is C12H18N2. The van der Waals surface area contributed by atoms with Crippen molar-refractivity contribution in [1.82, 2.24) is 0 Å². The van der Waals surface area contributed by atoms with Crippen LogP contribution in [0.3, 0.4) is 0 Å². The fourth-order valence-corrected chi connectivity index (χ4v) is 2.25. The second kappa shape index (κ2) is 3.62. The van der Waals surface area contributed by atoms with Crippen LogP contribution in [0.15, 0.2) is 12.1 Å². The Kier molecular flexibility index (Phi) is 2.46. The Balaban J connectivity index is 2.41. The van der Waals surface area contributed by atoms with E-state index < -0.39 is 0 Å². The Labute approximate surface area is 85.7 Å². The van der Waals surface area contributed by atoms with E-state index in [4.69, 9.17) is 5.73 Å². The zero-order valence-corrected chi connectivity index (χ0v) is 9.01. The van der Waals surface area contributed by atoms with E-state index in [1.807, 2.05) is 0 Å². The van der Waals surface area contributed by atoms with Crippen LogP contribution in [0.1, 0.15) is 16.7 Å². The molecule has 1 aliphatic rings. The highest BCUT2D eigenvalue weighted by molar-refractivity contribution is 5.65. The average Bonchev–Trinajstić information content (AvgIpc) is 2.57. The first kappa shape index (κ1) is 9.53. The standard InChI is InChI=1S/C12H18N2/c1-9-3-4-11-5-7-14(8-6-13)12(11)10(9)2/h3-4H,5-8,13H2,1-2H3. The van der Waals surface area contributed by atoms with Crippen molar-refractivity contribution in [3.05, 3.63) is 28.8 Å². The predicted octanol–water partition coefficient (Wildman–Crippen LogP) is 1.62. The van der Waals surface area contributed by atoms with Gasteiger partial charge in [0.1, 0.15) is 0 Å². The van der Waals surface area contributed by atoms with Gasteiger partial charge in [0.25, 0.3) is 0 Å². The molecule has 2 N–H and O–H groups in total. The monoisotopic (exact) mass is 190 g/mol. The van der Waals surface area contributed by atoms with Crippen LogP contribution in [-0.2, 0) is 6.42 Å². The van der Waals surface area contributed by atoms with Crippen LogP contribution < -0.4 is 10.6 Å². The Hall–Kier alpha value is -1.02. The van der Waals surface area contributed by atoms with E-state index >= 15 is 0 Å². The Morgan fingerprint density at radius 1 is 1.36 bits per heavy atom. The first-order valence-electron chi connectivity index (χ1n) is 5.28. The molecule has 1 heterocycles. The lowest BCUT2D eigenvalue weighted by Crippen LogP contribution is -2.27. The molecule has 0 radical (unpaired) electrons. The molecule has 2 heteroatoms.